The summed E-state index contributed by atoms with van der Waals surface area (Å²) in [6, 6.07) is 6.27. The summed E-state index contributed by atoms with van der Waals surface area (Å²) in [6.07, 6.45) is 0.102. The molecule has 0 saturated carbocycles. The molecule has 0 aliphatic carbocycles. The lowest BCUT2D eigenvalue weighted by Crippen LogP contribution is -2.32. The minimum atomic E-state index is -1.08. The van der Waals surface area contributed by atoms with Crippen molar-refractivity contribution in [2.45, 2.75) is 12.5 Å². The zero-order valence-electron chi connectivity index (χ0n) is 8.97. The SMILES string of the molecule is N[C@@H](Cc1c(O)[nH]c2ccccc12)C(=O)O.O. The maximum absolute atomic E-state index is 10.7. The van der Waals surface area contributed by atoms with Crippen LogP contribution in [0.3, 0.4) is 0 Å². The number of para-hydroxylation sites is 1. The van der Waals surface area contributed by atoms with Crippen molar-refractivity contribution < 1.29 is 20.5 Å². The number of aliphatic carboxylic acids is 1. The fraction of sp³-hybridized carbons (Fsp3) is 0.182. The summed E-state index contributed by atoms with van der Waals surface area (Å²) in [6.45, 7) is 0. The van der Waals surface area contributed by atoms with Crippen molar-refractivity contribution in [3.05, 3.63) is 29.8 Å². The lowest BCUT2D eigenvalue weighted by atomic mass is 10.1. The molecule has 2 aromatic rings. The van der Waals surface area contributed by atoms with Gasteiger partial charge < -0.3 is 26.4 Å². The third-order valence-corrected chi connectivity index (χ3v) is 2.53. The van der Waals surface area contributed by atoms with Gasteiger partial charge in [-0.15, -0.1) is 0 Å². The Kier molecular flexibility index (Phi) is 3.72. The number of rotatable bonds is 3. The van der Waals surface area contributed by atoms with Crippen molar-refractivity contribution in [1.29, 1.82) is 0 Å². The van der Waals surface area contributed by atoms with Crippen LogP contribution in [0.2, 0.25) is 0 Å². The molecular formula is C11H14N2O4. The van der Waals surface area contributed by atoms with Gasteiger partial charge in [0.25, 0.3) is 0 Å². The molecule has 1 heterocycles. The lowest BCUT2D eigenvalue weighted by Gasteiger charge is -2.05. The smallest absolute Gasteiger partial charge is 0.320 e. The van der Waals surface area contributed by atoms with Crippen LogP contribution in [0.5, 0.6) is 5.88 Å². The minimum absolute atomic E-state index is 0. The quantitative estimate of drug-likeness (QED) is 0.599. The Hall–Kier alpha value is -2.05. The average Bonchev–Trinajstić information content (AvgIpc) is 2.55. The Bertz CT molecular complexity index is 535. The van der Waals surface area contributed by atoms with Gasteiger partial charge in [-0.25, -0.2) is 0 Å². The molecule has 0 saturated heterocycles. The first-order valence-corrected chi connectivity index (χ1v) is 4.86. The summed E-state index contributed by atoms with van der Waals surface area (Å²) in [5, 5.41) is 19.2. The molecule has 0 bridgehead atoms. The van der Waals surface area contributed by atoms with Crippen molar-refractivity contribution in [2.24, 2.45) is 5.73 Å². The second kappa shape index (κ2) is 4.86. The van der Waals surface area contributed by atoms with Crippen LogP contribution in [0, 0.1) is 0 Å². The van der Waals surface area contributed by atoms with Gasteiger partial charge in [-0.2, -0.15) is 0 Å². The van der Waals surface area contributed by atoms with Crippen molar-refractivity contribution in [2.75, 3.05) is 0 Å². The number of benzene rings is 1. The maximum atomic E-state index is 10.7. The van der Waals surface area contributed by atoms with Crippen LogP contribution in [0.15, 0.2) is 24.3 Å². The molecule has 6 nitrogen and oxygen atoms in total. The molecule has 0 amide bonds. The number of nitrogens with one attached hydrogen (secondary N) is 1. The molecule has 0 aliphatic heterocycles. The molecule has 6 heteroatoms. The second-order valence-electron chi connectivity index (χ2n) is 3.65. The monoisotopic (exact) mass is 238 g/mol. The fourth-order valence-electron chi connectivity index (χ4n) is 1.70. The van der Waals surface area contributed by atoms with E-state index < -0.39 is 12.0 Å². The molecule has 1 aromatic heterocycles. The number of fused-ring (bicyclic) bond motifs is 1. The van der Waals surface area contributed by atoms with Crippen LogP contribution in [0.4, 0.5) is 0 Å². The Morgan fingerprint density at radius 2 is 2.06 bits per heavy atom. The standard InChI is InChI=1S/C11H12N2O3.H2O/c12-8(11(15)16)5-7-6-3-1-2-4-9(6)13-10(7)14;/h1-4,8,13-14H,5,12H2,(H,15,16);1H2/t8-;/m0./s1. The Balaban J connectivity index is 0.00000144. The number of carboxylic acids is 1. The molecule has 0 radical (unpaired) electrons. The number of aromatic nitrogens is 1. The van der Waals surface area contributed by atoms with E-state index in [0.717, 1.165) is 10.9 Å². The molecule has 1 aromatic carbocycles. The highest BCUT2D eigenvalue weighted by Gasteiger charge is 2.18. The Labute approximate surface area is 97.0 Å². The lowest BCUT2D eigenvalue weighted by molar-refractivity contribution is -0.138. The summed E-state index contributed by atoms with van der Waals surface area (Å²) >= 11 is 0. The van der Waals surface area contributed by atoms with Crippen molar-refractivity contribution in [3.63, 3.8) is 0 Å². The van der Waals surface area contributed by atoms with Crippen LogP contribution < -0.4 is 5.73 Å². The number of hydrogen-bond acceptors (Lipinski definition) is 3. The van der Waals surface area contributed by atoms with Gasteiger partial charge in [0.2, 0.25) is 0 Å². The van der Waals surface area contributed by atoms with Crippen molar-refractivity contribution in [3.8, 4) is 5.88 Å². The van der Waals surface area contributed by atoms with Crippen LogP contribution in [0.1, 0.15) is 5.56 Å². The van der Waals surface area contributed by atoms with E-state index in [1.807, 2.05) is 24.3 Å². The first-order chi connectivity index (χ1) is 7.59. The van der Waals surface area contributed by atoms with Gasteiger partial charge in [0, 0.05) is 22.9 Å². The van der Waals surface area contributed by atoms with E-state index in [1.165, 1.54) is 0 Å². The van der Waals surface area contributed by atoms with E-state index in [1.54, 1.807) is 0 Å². The first-order valence-electron chi connectivity index (χ1n) is 4.86. The van der Waals surface area contributed by atoms with Gasteiger partial charge in [0.15, 0.2) is 5.88 Å². The predicted octanol–water partition coefficient (Wildman–Crippen LogP) is 0.00320. The molecule has 0 unspecified atom stereocenters. The van der Waals surface area contributed by atoms with Crippen LogP contribution in [-0.4, -0.2) is 32.7 Å². The Morgan fingerprint density at radius 3 is 2.71 bits per heavy atom. The largest absolute Gasteiger partial charge is 0.494 e. The zero-order chi connectivity index (χ0) is 11.7. The number of aromatic amines is 1. The summed E-state index contributed by atoms with van der Waals surface area (Å²) in [5.41, 5.74) is 6.76. The molecule has 1 atom stereocenters. The second-order valence-corrected chi connectivity index (χ2v) is 3.65. The minimum Gasteiger partial charge on any atom is -0.494 e. The highest BCUT2D eigenvalue weighted by molar-refractivity contribution is 5.86. The molecule has 7 N–H and O–H groups in total. The van der Waals surface area contributed by atoms with Gasteiger partial charge >= 0.3 is 5.97 Å². The van der Waals surface area contributed by atoms with E-state index in [-0.39, 0.29) is 17.8 Å². The van der Waals surface area contributed by atoms with E-state index in [9.17, 15) is 9.90 Å². The Morgan fingerprint density at radius 1 is 1.41 bits per heavy atom. The summed E-state index contributed by atoms with van der Waals surface area (Å²) in [4.78, 5) is 13.4. The molecule has 92 valence electrons. The molecule has 2 rings (SSSR count). The molecule has 0 spiro atoms. The number of carbonyl (C=O) groups is 1. The number of nitrogens with two attached hydrogens (primary N) is 1. The zero-order valence-corrected chi connectivity index (χ0v) is 8.97. The summed E-state index contributed by atoms with van der Waals surface area (Å²) in [5.74, 6) is -1.09. The first kappa shape index (κ1) is 13.0. The summed E-state index contributed by atoms with van der Waals surface area (Å²) < 4.78 is 0. The number of H-pyrrole nitrogens is 1. The van der Waals surface area contributed by atoms with Gasteiger partial charge in [-0.1, -0.05) is 18.2 Å². The van der Waals surface area contributed by atoms with Gasteiger partial charge in [-0.3, -0.25) is 4.79 Å². The van der Waals surface area contributed by atoms with Crippen LogP contribution in [-0.2, 0) is 11.2 Å². The van der Waals surface area contributed by atoms with E-state index >= 15 is 0 Å². The topological polar surface area (TPSA) is 131 Å². The van der Waals surface area contributed by atoms with E-state index in [2.05, 4.69) is 4.98 Å². The summed E-state index contributed by atoms with van der Waals surface area (Å²) in [7, 11) is 0. The molecular weight excluding hydrogens is 224 g/mol. The highest BCUT2D eigenvalue weighted by atomic mass is 16.4. The number of carboxylic acid groups (broad SMARTS) is 1. The molecule has 17 heavy (non-hydrogen) atoms. The molecule has 0 fully saturated rings. The maximum Gasteiger partial charge on any atom is 0.320 e. The van der Waals surface area contributed by atoms with Gasteiger partial charge in [-0.05, 0) is 6.07 Å². The van der Waals surface area contributed by atoms with Crippen LogP contribution >= 0.6 is 0 Å². The fourth-order valence-corrected chi connectivity index (χ4v) is 1.70. The van der Waals surface area contributed by atoms with Crippen molar-refractivity contribution >= 4 is 16.9 Å². The third-order valence-electron chi connectivity index (χ3n) is 2.53. The van der Waals surface area contributed by atoms with Gasteiger partial charge in [0.1, 0.15) is 6.04 Å². The van der Waals surface area contributed by atoms with Crippen LogP contribution in [0.25, 0.3) is 10.9 Å². The predicted molar refractivity (Wildman–Crippen MR) is 62.9 cm³/mol. The average molecular weight is 238 g/mol. The number of aromatic hydroxyl groups is 1. The highest BCUT2D eigenvalue weighted by Crippen LogP contribution is 2.27. The van der Waals surface area contributed by atoms with E-state index in [0.29, 0.717) is 5.56 Å². The number of hydrogen-bond donors (Lipinski definition) is 4. The third kappa shape index (κ3) is 2.38. The van der Waals surface area contributed by atoms with Crippen molar-refractivity contribution in [1.82, 2.24) is 4.98 Å². The van der Waals surface area contributed by atoms with Gasteiger partial charge in [0.05, 0.1) is 0 Å². The molecule has 0 aliphatic rings. The normalized spacial score (nSPS) is 12.1. The van der Waals surface area contributed by atoms with E-state index in [4.69, 9.17) is 10.8 Å².